The van der Waals surface area contributed by atoms with E-state index < -0.39 is 17.2 Å². The van der Waals surface area contributed by atoms with E-state index in [1.54, 1.807) is 30.3 Å². The second-order valence-electron chi connectivity index (χ2n) is 5.93. The van der Waals surface area contributed by atoms with Crippen LogP contribution in [0.1, 0.15) is 5.56 Å². The van der Waals surface area contributed by atoms with E-state index in [1.807, 2.05) is 0 Å². The van der Waals surface area contributed by atoms with Crippen LogP contribution < -0.4 is 5.56 Å². The highest BCUT2D eigenvalue weighted by Gasteiger charge is 2.20. The Morgan fingerprint density at radius 1 is 1.07 bits per heavy atom. The number of halogens is 2. The summed E-state index contributed by atoms with van der Waals surface area (Å²) in [5, 5.41) is 13.4. The smallest absolute Gasteiger partial charge is 0.259 e. The topological polar surface area (TPSA) is 74.5 Å². The lowest BCUT2D eigenvalue weighted by molar-refractivity contribution is 0.563. The molecule has 27 heavy (non-hydrogen) atoms. The monoisotopic (exact) mass is 362 g/mol. The van der Waals surface area contributed by atoms with Gasteiger partial charge in [-0.1, -0.05) is 30.3 Å². The van der Waals surface area contributed by atoms with Crippen LogP contribution in [0.25, 0.3) is 27.8 Å². The SMILES string of the molecule is N#CCc1ccc(-c2nn(-c3c(F)cccc3F)c3cc[nH]c(=O)c23)cc1. The number of rotatable bonds is 3. The second kappa shape index (κ2) is 6.50. The van der Waals surface area contributed by atoms with Crippen LogP contribution in [0.15, 0.2) is 59.5 Å². The molecule has 2 aromatic carbocycles. The van der Waals surface area contributed by atoms with Crippen LogP contribution >= 0.6 is 0 Å². The first-order valence-electron chi connectivity index (χ1n) is 8.11. The molecule has 0 aliphatic carbocycles. The number of fused-ring (bicyclic) bond motifs is 1. The van der Waals surface area contributed by atoms with Crippen molar-refractivity contribution in [3.8, 4) is 23.0 Å². The largest absolute Gasteiger partial charge is 0.328 e. The van der Waals surface area contributed by atoms with Gasteiger partial charge in [-0.05, 0) is 23.8 Å². The zero-order valence-electron chi connectivity index (χ0n) is 13.9. The van der Waals surface area contributed by atoms with Crippen LogP contribution in [0.2, 0.25) is 0 Å². The quantitative estimate of drug-likeness (QED) is 0.603. The maximum absolute atomic E-state index is 14.3. The molecule has 7 heteroatoms. The van der Waals surface area contributed by atoms with Gasteiger partial charge < -0.3 is 4.98 Å². The number of H-pyrrole nitrogens is 1. The third kappa shape index (κ3) is 2.77. The summed E-state index contributed by atoms with van der Waals surface area (Å²) >= 11 is 0. The lowest BCUT2D eigenvalue weighted by atomic mass is 10.1. The summed E-state index contributed by atoms with van der Waals surface area (Å²) in [5.74, 6) is -1.56. The van der Waals surface area contributed by atoms with Gasteiger partial charge in [-0.15, -0.1) is 0 Å². The summed E-state index contributed by atoms with van der Waals surface area (Å²) in [5.41, 5.74) is 1.26. The molecule has 2 aromatic heterocycles. The number of pyridine rings is 1. The molecule has 0 spiro atoms. The first kappa shape index (κ1) is 16.7. The van der Waals surface area contributed by atoms with Crippen LogP contribution in [0.3, 0.4) is 0 Å². The van der Waals surface area contributed by atoms with Crippen LogP contribution in [-0.2, 0) is 6.42 Å². The van der Waals surface area contributed by atoms with Crippen LogP contribution in [0.4, 0.5) is 8.78 Å². The van der Waals surface area contributed by atoms with Gasteiger partial charge in [0.15, 0.2) is 11.6 Å². The Balaban J connectivity index is 2.00. The molecule has 0 saturated heterocycles. The molecule has 0 aliphatic heterocycles. The molecule has 5 nitrogen and oxygen atoms in total. The third-order valence-electron chi connectivity index (χ3n) is 4.26. The van der Waals surface area contributed by atoms with E-state index >= 15 is 0 Å². The van der Waals surface area contributed by atoms with Crippen molar-refractivity contribution < 1.29 is 8.78 Å². The predicted molar refractivity (Wildman–Crippen MR) is 96.4 cm³/mol. The molecule has 4 aromatic rings. The Kier molecular flexibility index (Phi) is 4.01. The molecule has 0 radical (unpaired) electrons. The van der Waals surface area contributed by atoms with Crippen molar-refractivity contribution in [1.82, 2.24) is 14.8 Å². The molecule has 0 saturated carbocycles. The first-order valence-corrected chi connectivity index (χ1v) is 8.11. The fourth-order valence-corrected chi connectivity index (χ4v) is 3.01. The van der Waals surface area contributed by atoms with E-state index in [4.69, 9.17) is 5.26 Å². The maximum atomic E-state index is 14.3. The maximum Gasteiger partial charge on any atom is 0.259 e. The lowest BCUT2D eigenvalue weighted by Gasteiger charge is -2.06. The zero-order valence-corrected chi connectivity index (χ0v) is 13.9. The average Bonchev–Trinajstić information content (AvgIpc) is 3.03. The number of nitriles is 1. The molecule has 0 atom stereocenters. The molecule has 2 heterocycles. The van der Waals surface area contributed by atoms with E-state index in [1.165, 1.54) is 12.3 Å². The van der Waals surface area contributed by atoms with Gasteiger partial charge in [-0.2, -0.15) is 10.4 Å². The van der Waals surface area contributed by atoms with Crippen LogP contribution in [0.5, 0.6) is 0 Å². The molecule has 132 valence electrons. The predicted octanol–water partition coefficient (Wildman–Crippen LogP) is 3.73. The number of hydrogen-bond acceptors (Lipinski definition) is 3. The minimum Gasteiger partial charge on any atom is -0.328 e. The van der Waals surface area contributed by atoms with E-state index in [0.29, 0.717) is 16.8 Å². The van der Waals surface area contributed by atoms with Crippen molar-refractivity contribution in [3.05, 3.63) is 82.3 Å². The number of aromatic amines is 1. The third-order valence-corrected chi connectivity index (χ3v) is 4.26. The number of nitrogens with zero attached hydrogens (tertiary/aromatic N) is 3. The van der Waals surface area contributed by atoms with Gasteiger partial charge in [0.05, 0.1) is 23.4 Å². The Labute approximate surface area is 152 Å². The van der Waals surface area contributed by atoms with E-state index in [9.17, 15) is 13.6 Å². The van der Waals surface area contributed by atoms with E-state index in [0.717, 1.165) is 22.4 Å². The van der Waals surface area contributed by atoms with Gasteiger partial charge >= 0.3 is 0 Å². The minimum atomic E-state index is -0.782. The first-order chi connectivity index (χ1) is 13.1. The minimum absolute atomic E-state index is 0.230. The molecule has 0 aliphatic rings. The highest BCUT2D eigenvalue weighted by molar-refractivity contribution is 5.93. The Hall–Kier alpha value is -3.79. The fraction of sp³-hybridized carbons (Fsp3) is 0.0500. The summed E-state index contributed by atoms with van der Waals surface area (Å²) < 4.78 is 29.7. The number of aromatic nitrogens is 3. The summed E-state index contributed by atoms with van der Waals surface area (Å²) in [4.78, 5) is 15.0. The van der Waals surface area contributed by atoms with Gasteiger partial charge in [0.1, 0.15) is 11.4 Å². The van der Waals surface area contributed by atoms with Gasteiger partial charge in [0.2, 0.25) is 0 Å². The van der Waals surface area contributed by atoms with E-state index in [-0.39, 0.29) is 17.5 Å². The van der Waals surface area contributed by atoms with Crippen molar-refractivity contribution in [2.45, 2.75) is 6.42 Å². The molecule has 0 amide bonds. The highest BCUT2D eigenvalue weighted by Crippen LogP contribution is 2.29. The normalized spacial score (nSPS) is 10.9. The van der Waals surface area contributed by atoms with Gasteiger partial charge in [0, 0.05) is 11.8 Å². The average molecular weight is 362 g/mol. The van der Waals surface area contributed by atoms with Crippen molar-refractivity contribution >= 4 is 10.9 Å². The summed E-state index contributed by atoms with van der Waals surface area (Å²) in [7, 11) is 0. The van der Waals surface area contributed by atoms with Crippen molar-refractivity contribution in [1.29, 1.82) is 5.26 Å². The summed E-state index contributed by atoms with van der Waals surface area (Å²) in [6.07, 6.45) is 1.66. The standard InChI is InChI=1S/C20H12F2N4O/c21-14-2-1-3-15(22)19(14)26-16-9-11-24-20(27)17(16)18(25-26)13-6-4-12(5-7-13)8-10-23/h1-7,9,11H,8H2,(H,24,27). The fourth-order valence-electron chi connectivity index (χ4n) is 3.01. The molecular weight excluding hydrogens is 350 g/mol. The summed E-state index contributed by atoms with van der Waals surface area (Å²) in [6, 6.07) is 14.1. The number of para-hydroxylation sites is 1. The Morgan fingerprint density at radius 3 is 2.44 bits per heavy atom. The van der Waals surface area contributed by atoms with E-state index in [2.05, 4.69) is 16.2 Å². The number of hydrogen-bond donors (Lipinski definition) is 1. The lowest BCUT2D eigenvalue weighted by Crippen LogP contribution is -2.06. The van der Waals surface area contributed by atoms with Crippen LogP contribution in [0, 0.1) is 23.0 Å². The molecule has 0 fully saturated rings. The number of nitrogens with one attached hydrogen (secondary N) is 1. The summed E-state index contributed by atoms with van der Waals surface area (Å²) in [6.45, 7) is 0. The van der Waals surface area contributed by atoms with Crippen molar-refractivity contribution in [2.75, 3.05) is 0 Å². The molecular formula is C20H12F2N4O. The second-order valence-corrected chi connectivity index (χ2v) is 5.93. The molecule has 4 rings (SSSR count). The van der Waals surface area contributed by atoms with Crippen LogP contribution in [-0.4, -0.2) is 14.8 Å². The van der Waals surface area contributed by atoms with Crippen molar-refractivity contribution in [3.63, 3.8) is 0 Å². The molecule has 0 bridgehead atoms. The highest BCUT2D eigenvalue weighted by atomic mass is 19.1. The zero-order chi connectivity index (χ0) is 19.0. The van der Waals surface area contributed by atoms with Gasteiger partial charge in [0.25, 0.3) is 5.56 Å². The Morgan fingerprint density at radius 2 is 1.78 bits per heavy atom. The number of benzene rings is 2. The van der Waals surface area contributed by atoms with Gasteiger partial charge in [-0.3, -0.25) is 4.79 Å². The molecule has 0 unspecified atom stereocenters. The van der Waals surface area contributed by atoms with Crippen molar-refractivity contribution in [2.24, 2.45) is 0 Å². The Bertz CT molecular complexity index is 1230. The molecule has 1 N–H and O–H groups in total. The van der Waals surface area contributed by atoms with Gasteiger partial charge in [-0.25, -0.2) is 13.5 Å².